The zero-order valence-electron chi connectivity index (χ0n) is 11.6. The van der Waals surface area contributed by atoms with Crippen molar-refractivity contribution in [2.75, 3.05) is 17.7 Å². The molecule has 2 rings (SSSR count). The number of halogens is 1. The third-order valence-electron chi connectivity index (χ3n) is 3.22. The lowest BCUT2D eigenvalue weighted by molar-refractivity contribution is 0.101. The largest absolute Gasteiger partial charge is 0.398 e. The van der Waals surface area contributed by atoms with Gasteiger partial charge in [0.1, 0.15) is 5.82 Å². The molecule has 0 spiro atoms. The number of rotatable bonds is 4. The van der Waals surface area contributed by atoms with E-state index in [2.05, 4.69) is 0 Å². The van der Waals surface area contributed by atoms with Crippen LogP contribution in [0.5, 0.6) is 0 Å². The number of hydrogen-bond acceptors (Lipinski definition) is 3. The van der Waals surface area contributed by atoms with Gasteiger partial charge in [0.05, 0.1) is 0 Å². The van der Waals surface area contributed by atoms with E-state index in [0.717, 1.165) is 5.69 Å². The maximum absolute atomic E-state index is 13.6. The van der Waals surface area contributed by atoms with Crippen LogP contribution in [-0.2, 0) is 6.54 Å². The molecule has 3 nitrogen and oxygen atoms in total. The van der Waals surface area contributed by atoms with Crippen molar-refractivity contribution >= 4 is 17.2 Å². The fourth-order valence-corrected chi connectivity index (χ4v) is 2.08. The van der Waals surface area contributed by atoms with E-state index in [-0.39, 0.29) is 11.6 Å². The molecule has 20 heavy (non-hydrogen) atoms. The van der Waals surface area contributed by atoms with E-state index < -0.39 is 0 Å². The van der Waals surface area contributed by atoms with E-state index in [4.69, 9.17) is 5.73 Å². The van der Waals surface area contributed by atoms with Gasteiger partial charge >= 0.3 is 0 Å². The monoisotopic (exact) mass is 272 g/mol. The molecule has 2 aromatic carbocycles. The van der Waals surface area contributed by atoms with E-state index in [1.54, 1.807) is 30.3 Å². The van der Waals surface area contributed by atoms with Crippen LogP contribution in [0.1, 0.15) is 22.8 Å². The Morgan fingerprint density at radius 1 is 1.25 bits per heavy atom. The average molecular weight is 272 g/mol. The molecular formula is C16H17FN2O. The minimum absolute atomic E-state index is 0.0641. The lowest BCUT2D eigenvalue weighted by Crippen LogP contribution is -2.17. The Balaban J connectivity index is 2.22. The minimum Gasteiger partial charge on any atom is -0.398 e. The zero-order valence-corrected chi connectivity index (χ0v) is 11.6. The van der Waals surface area contributed by atoms with Crippen LogP contribution in [0.15, 0.2) is 42.5 Å². The molecule has 0 heterocycles. The highest BCUT2D eigenvalue weighted by atomic mass is 19.1. The summed E-state index contributed by atoms with van der Waals surface area (Å²) in [7, 11) is 1.86. The van der Waals surface area contributed by atoms with Crippen molar-refractivity contribution in [2.45, 2.75) is 13.5 Å². The summed E-state index contributed by atoms with van der Waals surface area (Å²) >= 11 is 0. The number of nitrogens with zero attached hydrogens (tertiary/aromatic N) is 1. The molecule has 0 fully saturated rings. The van der Waals surface area contributed by atoms with Crippen LogP contribution in [0.4, 0.5) is 15.8 Å². The fourth-order valence-electron chi connectivity index (χ4n) is 2.08. The van der Waals surface area contributed by atoms with Crippen LogP contribution in [0.25, 0.3) is 0 Å². The Morgan fingerprint density at radius 3 is 2.55 bits per heavy atom. The highest BCUT2D eigenvalue weighted by Crippen LogP contribution is 2.23. The topological polar surface area (TPSA) is 46.3 Å². The van der Waals surface area contributed by atoms with Gasteiger partial charge in [0, 0.05) is 36.1 Å². The normalized spacial score (nSPS) is 10.3. The molecule has 0 saturated heterocycles. The smallest absolute Gasteiger partial charge is 0.161 e. The van der Waals surface area contributed by atoms with E-state index in [9.17, 15) is 9.18 Å². The van der Waals surface area contributed by atoms with Gasteiger partial charge in [-0.1, -0.05) is 18.2 Å². The number of carbonyl (C=O) groups excluding carboxylic acids is 1. The van der Waals surface area contributed by atoms with E-state index in [1.165, 1.54) is 13.0 Å². The summed E-state index contributed by atoms with van der Waals surface area (Å²) in [6.07, 6.45) is 0. The SMILES string of the molecule is CC(=O)c1ccc(N(C)Cc2ccccc2F)cc1N. The third kappa shape index (κ3) is 2.96. The Bertz CT molecular complexity index is 640. The second-order valence-electron chi connectivity index (χ2n) is 4.78. The molecule has 0 aliphatic rings. The van der Waals surface area contributed by atoms with Gasteiger partial charge in [-0.25, -0.2) is 4.39 Å². The molecular weight excluding hydrogens is 255 g/mol. The van der Waals surface area contributed by atoms with Crippen LogP contribution in [0.2, 0.25) is 0 Å². The maximum atomic E-state index is 13.6. The average Bonchev–Trinajstić information content (AvgIpc) is 2.40. The van der Waals surface area contributed by atoms with E-state index in [1.807, 2.05) is 18.0 Å². The fraction of sp³-hybridized carbons (Fsp3) is 0.188. The lowest BCUT2D eigenvalue weighted by atomic mass is 10.1. The predicted molar refractivity (Wildman–Crippen MR) is 79.4 cm³/mol. The zero-order chi connectivity index (χ0) is 14.7. The van der Waals surface area contributed by atoms with Crippen LogP contribution in [-0.4, -0.2) is 12.8 Å². The van der Waals surface area contributed by atoms with Gasteiger partial charge in [-0.2, -0.15) is 0 Å². The molecule has 0 aliphatic carbocycles. The molecule has 4 heteroatoms. The molecule has 0 aromatic heterocycles. The first kappa shape index (κ1) is 14.1. The summed E-state index contributed by atoms with van der Waals surface area (Å²) in [5.74, 6) is -0.293. The summed E-state index contributed by atoms with van der Waals surface area (Å²) in [6, 6.07) is 11.9. The quantitative estimate of drug-likeness (QED) is 0.686. The van der Waals surface area contributed by atoms with E-state index in [0.29, 0.717) is 23.4 Å². The summed E-state index contributed by atoms with van der Waals surface area (Å²) in [5.41, 5.74) is 8.27. The number of hydrogen-bond donors (Lipinski definition) is 1. The van der Waals surface area contributed by atoms with Gasteiger partial charge in [0.25, 0.3) is 0 Å². The summed E-state index contributed by atoms with van der Waals surface area (Å²) in [4.78, 5) is 13.2. The molecule has 0 unspecified atom stereocenters. The second kappa shape index (κ2) is 5.74. The molecule has 104 valence electrons. The molecule has 0 radical (unpaired) electrons. The predicted octanol–water partition coefficient (Wildman–Crippen LogP) is 3.25. The van der Waals surface area contributed by atoms with Gasteiger partial charge < -0.3 is 10.6 Å². The van der Waals surface area contributed by atoms with E-state index >= 15 is 0 Å². The number of anilines is 2. The Hall–Kier alpha value is -2.36. The van der Waals surface area contributed by atoms with Crippen LogP contribution in [0.3, 0.4) is 0 Å². The molecule has 2 aromatic rings. The number of carbonyl (C=O) groups is 1. The highest BCUT2D eigenvalue weighted by molar-refractivity contribution is 5.99. The van der Waals surface area contributed by atoms with Gasteiger partial charge in [0.15, 0.2) is 5.78 Å². The van der Waals surface area contributed by atoms with Crippen molar-refractivity contribution in [3.8, 4) is 0 Å². The highest BCUT2D eigenvalue weighted by Gasteiger charge is 2.09. The second-order valence-corrected chi connectivity index (χ2v) is 4.78. The van der Waals surface area contributed by atoms with Crippen molar-refractivity contribution in [3.05, 3.63) is 59.4 Å². The first-order valence-electron chi connectivity index (χ1n) is 6.34. The van der Waals surface area contributed by atoms with Crippen LogP contribution < -0.4 is 10.6 Å². The Morgan fingerprint density at radius 2 is 1.95 bits per heavy atom. The number of benzene rings is 2. The molecule has 0 saturated carbocycles. The third-order valence-corrected chi connectivity index (χ3v) is 3.22. The summed E-state index contributed by atoms with van der Waals surface area (Å²) < 4.78 is 13.6. The number of nitrogen functional groups attached to an aromatic ring is 1. The summed E-state index contributed by atoms with van der Waals surface area (Å²) in [6.45, 7) is 1.92. The van der Waals surface area contributed by atoms with Crippen molar-refractivity contribution in [1.29, 1.82) is 0 Å². The van der Waals surface area contributed by atoms with Gasteiger partial charge in [-0.3, -0.25) is 4.79 Å². The summed E-state index contributed by atoms with van der Waals surface area (Å²) in [5, 5.41) is 0. The lowest BCUT2D eigenvalue weighted by Gasteiger charge is -2.20. The number of nitrogens with two attached hydrogens (primary N) is 1. The van der Waals surface area contributed by atoms with Crippen molar-refractivity contribution in [2.24, 2.45) is 0 Å². The van der Waals surface area contributed by atoms with Gasteiger partial charge in [-0.15, -0.1) is 0 Å². The standard InChI is InChI=1S/C16H17FN2O/c1-11(20)14-8-7-13(9-16(14)18)19(2)10-12-5-3-4-6-15(12)17/h3-9H,10,18H2,1-2H3. The Kier molecular flexibility index (Phi) is 4.03. The molecule has 0 atom stereocenters. The van der Waals surface area contributed by atoms with Crippen molar-refractivity contribution < 1.29 is 9.18 Å². The Labute approximate surface area is 117 Å². The van der Waals surface area contributed by atoms with Crippen molar-refractivity contribution in [1.82, 2.24) is 0 Å². The van der Waals surface area contributed by atoms with Gasteiger partial charge in [0.2, 0.25) is 0 Å². The minimum atomic E-state index is -0.229. The van der Waals surface area contributed by atoms with Crippen molar-refractivity contribution in [3.63, 3.8) is 0 Å². The van der Waals surface area contributed by atoms with Gasteiger partial charge in [-0.05, 0) is 31.2 Å². The van der Waals surface area contributed by atoms with Crippen LogP contribution in [0, 0.1) is 5.82 Å². The number of ketones is 1. The molecule has 0 amide bonds. The number of Topliss-reactive ketones (excluding diaryl/α,β-unsaturated/α-hetero) is 1. The molecule has 0 aliphatic heterocycles. The molecule has 0 bridgehead atoms. The first-order chi connectivity index (χ1) is 9.49. The first-order valence-corrected chi connectivity index (χ1v) is 6.34. The molecule has 2 N–H and O–H groups in total. The maximum Gasteiger partial charge on any atom is 0.161 e. The van der Waals surface area contributed by atoms with Crippen LogP contribution >= 0.6 is 0 Å².